The lowest BCUT2D eigenvalue weighted by molar-refractivity contribution is 0.0964. The monoisotopic (exact) mass is 433 g/mol. The summed E-state index contributed by atoms with van der Waals surface area (Å²) in [5, 5.41) is 9.03. The predicted molar refractivity (Wildman–Crippen MR) is 129 cm³/mol. The number of carbonyl (C=O) groups is 1. The minimum Gasteiger partial charge on any atom is -0.393 e. The largest absolute Gasteiger partial charge is 0.393 e. The number of nitrogens with zero attached hydrogens (tertiary/aromatic N) is 2. The molecule has 4 rings (SSSR count). The quantitative estimate of drug-likeness (QED) is 0.390. The van der Waals surface area contributed by atoms with E-state index < -0.39 is 0 Å². The van der Waals surface area contributed by atoms with E-state index in [1.54, 1.807) is 6.07 Å². The maximum absolute atomic E-state index is 12.8. The van der Waals surface area contributed by atoms with Crippen molar-refractivity contribution in [1.82, 2.24) is 20.7 Å². The van der Waals surface area contributed by atoms with Gasteiger partial charge in [-0.1, -0.05) is 36.4 Å². The Balaban J connectivity index is 1.48. The lowest BCUT2D eigenvalue weighted by Crippen LogP contribution is -2.60. The highest BCUT2D eigenvalue weighted by atomic mass is 16.2. The van der Waals surface area contributed by atoms with Gasteiger partial charge in [-0.25, -0.2) is 9.97 Å². The van der Waals surface area contributed by atoms with Gasteiger partial charge in [-0.2, -0.15) is 0 Å². The molecule has 168 valence electrons. The van der Waals surface area contributed by atoms with E-state index in [0.717, 1.165) is 23.6 Å². The Kier molecular flexibility index (Phi) is 5.64. The summed E-state index contributed by atoms with van der Waals surface area (Å²) in [6, 6.07) is 13.6. The molecule has 0 unspecified atom stereocenters. The number of fused-ring (bicyclic) bond motifs is 1. The number of aromatic nitrogens is 2. The van der Waals surface area contributed by atoms with Crippen LogP contribution in [0.15, 0.2) is 48.8 Å². The van der Waals surface area contributed by atoms with Crippen LogP contribution >= 0.6 is 0 Å². The smallest absolute Gasteiger partial charge is 0.270 e. The maximum Gasteiger partial charge on any atom is 0.270 e. The Labute approximate surface area is 188 Å². The fourth-order valence-corrected chi connectivity index (χ4v) is 4.83. The molecule has 1 saturated heterocycles. The Morgan fingerprint density at radius 2 is 1.66 bits per heavy atom. The van der Waals surface area contributed by atoms with E-state index in [1.807, 2.05) is 36.4 Å². The molecular weight excluding hydrogens is 402 g/mol. The first-order valence-corrected chi connectivity index (χ1v) is 10.8. The zero-order chi connectivity index (χ0) is 22.9. The lowest BCUT2D eigenvalue weighted by atomic mass is 9.79. The van der Waals surface area contributed by atoms with Crippen molar-refractivity contribution in [2.45, 2.75) is 57.7 Å². The number of nitrogen functional groups attached to an aromatic ring is 1. The molecule has 0 saturated carbocycles. The number of rotatable bonds is 5. The fourth-order valence-electron chi connectivity index (χ4n) is 4.83. The summed E-state index contributed by atoms with van der Waals surface area (Å²) in [7, 11) is 0. The molecule has 1 fully saturated rings. The van der Waals surface area contributed by atoms with Crippen molar-refractivity contribution in [2.24, 2.45) is 0 Å². The van der Waals surface area contributed by atoms with Crippen LogP contribution in [0, 0.1) is 0 Å². The van der Waals surface area contributed by atoms with Gasteiger partial charge in [0.15, 0.2) is 11.6 Å². The molecule has 1 aliphatic heterocycles. The molecule has 1 aromatic heterocycles. The third-order valence-electron chi connectivity index (χ3n) is 5.74. The third-order valence-corrected chi connectivity index (χ3v) is 5.74. The first-order chi connectivity index (χ1) is 15.1. The summed E-state index contributed by atoms with van der Waals surface area (Å²) in [5.74, 6) is 0.639. The van der Waals surface area contributed by atoms with Crippen LogP contribution < -0.4 is 27.2 Å². The summed E-state index contributed by atoms with van der Waals surface area (Å²) in [6.45, 7) is 8.78. The van der Waals surface area contributed by atoms with E-state index in [-0.39, 0.29) is 23.0 Å². The number of amides is 1. The van der Waals surface area contributed by atoms with Gasteiger partial charge in [-0.3, -0.25) is 15.6 Å². The zero-order valence-electron chi connectivity index (χ0n) is 19.0. The molecule has 1 amide bonds. The van der Waals surface area contributed by atoms with Crippen molar-refractivity contribution in [3.05, 3.63) is 54.4 Å². The first-order valence-electron chi connectivity index (χ1n) is 10.8. The van der Waals surface area contributed by atoms with Crippen LogP contribution in [-0.4, -0.2) is 33.0 Å². The summed E-state index contributed by atoms with van der Waals surface area (Å²) in [5.41, 5.74) is 12.8. The number of nitrogens with two attached hydrogens (primary N) is 1. The van der Waals surface area contributed by atoms with Crippen LogP contribution in [0.1, 0.15) is 50.9 Å². The Morgan fingerprint density at radius 1 is 1.00 bits per heavy atom. The van der Waals surface area contributed by atoms with E-state index >= 15 is 0 Å². The normalized spacial score (nSPS) is 17.6. The number of hydrazine groups is 1. The molecule has 2 aromatic carbocycles. The van der Waals surface area contributed by atoms with Gasteiger partial charge in [-0.05, 0) is 57.4 Å². The topological polar surface area (TPSA) is 117 Å². The summed E-state index contributed by atoms with van der Waals surface area (Å²) < 4.78 is 0. The molecule has 2 heterocycles. The average Bonchev–Trinajstić information content (AvgIpc) is 2.71. The molecular formula is C24H31N7O. The average molecular weight is 434 g/mol. The number of nitrogens with one attached hydrogen (secondary N) is 4. The highest BCUT2D eigenvalue weighted by molar-refractivity contribution is 6.07. The minimum absolute atomic E-state index is 0.00524. The first kappa shape index (κ1) is 21.8. The molecule has 6 N–H and O–H groups in total. The number of benzene rings is 2. The van der Waals surface area contributed by atoms with E-state index in [0.29, 0.717) is 22.9 Å². The lowest BCUT2D eigenvalue weighted by Gasteiger charge is -2.46. The predicted octanol–water partition coefficient (Wildman–Crippen LogP) is 3.69. The van der Waals surface area contributed by atoms with Gasteiger partial charge in [0, 0.05) is 22.7 Å². The van der Waals surface area contributed by atoms with Crippen LogP contribution in [0.3, 0.4) is 0 Å². The van der Waals surface area contributed by atoms with Crippen LogP contribution in [0.25, 0.3) is 10.8 Å². The molecule has 3 aromatic rings. The van der Waals surface area contributed by atoms with Crippen LogP contribution in [0.4, 0.5) is 17.3 Å². The van der Waals surface area contributed by atoms with Gasteiger partial charge >= 0.3 is 0 Å². The molecule has 8 heteroatoms. The van der Waals surface area contributed by atoms with Gasteiger partial charge in [0.05, 0.1) is 0 Å². The van der Waals surface area contributed by atoms with Crippen molar-refractivity contribution in [2.75, 3.05) is 16.5 Å². The number of anilines is 3. The summed E-state index contributed by atoms with van der Waals surface area (Å²) >= 11 is 0. The van der Waals surface area contributed by atoms with Gasteiger partial charge in [-0.15, -0.1) is 0 Å². The maximum atomic E-state index is 12.8. The van der Waals surface area contributed by atoms with E-state index in [1.165, 1.54) is 6.33 Å². The van der Waals surface area contributed by atoms with Crippen molar-refractivity contribution < 1.29 is 4.79 Å². The second kappa shape index (κ2) is 8.27. The van der Waals surface area contributed by atoms with Crippen LogP contribution in [0.2, 0.25) is 0 Å². The molecule has 1 aliphatic rings. The van der Waals surface area contributed by atoms with Gasteiger partial charge in [0.1, 0.15) is 12.0 Å². The van der Waals surface area contributed by atoms with E-state index in [4.69, 9.17) is 5.73 Å². The van der Waals surface area contributed by atoms with Gasteiger partial charge in [0.25, 0.3) is 5.91 Å². The molecule has 8 nitrogen and oxygen atoms in total. The van der Waals surface area contributed by atoms with E-state index in [2.05, 4.69) is 59.1 Å². The molecule has 0 atom stereocenters. The van der Waals surface area contributed by atoms with Crippen molar-refractivity contribution in [1.29, 1.82) is 0 Å². The minimum atomic E-state index is -0.267. The third kappa shape index (κ3) is 4.75. The number of hydrogen-bond donors (Lipinski definition) is 5. The van der Waals surface area contributed by atoms with E-state index in [9.17, 15) is 4.79 Å². The highest BCUT2D eigenvalue weighted by Crippen LogP contribution is 2.32. The number of hydrogen-bond acceptors (Lipinski definition) is 7. The molecule has 0 bridgehead atoms. The molecule has 32 heavy (non-hydrogen) atoms. The highest BCUT2D eigenvalue weighted by Gasteiger charge is 2.38. The zero-order valence-corrected chi connectivity index (χ0v) is 19.0. The van der Waals surface area contributed by atoms with Crippen molar-refractivity contribution in [3.8, 4) is 0 Å². The molecule has 0 radical (unpaired) electrons. The number of piperidine rings is 1. The van der Waals surface area contributed by atoms with Gasteiger partial charge < -0.3 is 16.4 Å². The van der Waals surface area contributed by atoms with Crippen LogP contribution in [0.5, 0.6) is 0 Å². The standard InChI is InChI=1S/C24H31N7O/c1-23(2)12-16(13-24(3,4)31-23)28-20-19(25)21(27-14-26-20)29-30-22(32)18-11-7-9-15-8-5-6-10-17(15)18/h5-11,14,16,31H,12-13,25H2,1-4H3,(H,30,32)(H2,26,27,28,29). The summed E-state index contributed by atoms with van der Waals surface area (Å²) in [4.78, 5) is 21.3. The van der Waals surface area contributed by atoms with Crippen molar-refractivity contribution >= 4 is 34.0 Å². The molecule has 0 aliphatic carbocycles. The second-order valence-electron chi connectivity index (χ2n) is 9.73. The summed E-state index contributed by atoms with van der Waals surface area (Å²) in [6.07, 6.45) is 3.30. The Bertz CT molecular complexity index is 1120. The van der Waals surface area contributed by atoms with Crippen LogP contribution in [-0.2, 0) is 0 Å². The Morgan fingerprint density at radius 3 is 2.41 bits per heavy atom. The number of carbonyl (C=O) groups excluding carboxylic acids is 1. The van der Waals surface area contributed by atoms with Crippen molar-refractivity contribution in [3.63, 3.8) is 0 Å². The Hall–Kier alpha value is -3.39. The SMILES string of the molecule is CC1(C)CC(Nc2ncnc(NNC(=O)c3cccc4ccccc34)c2N)CC(C)(C)N1. The fraction of sp³-hybridized carbons (Fsp3) is 0.375. The second-order valence-corrected chi connectivity index (χ2v) is 9.73. The van der Waals surface area contributed by atoms with Gasteiger partial charge in [0.2, 0.25) is 0 Å². The molecule has 0 spiro atoms.